The van der Waals surface area contributed by atoms with Gasteiger partial charge in [0.05, 0.1) is 0 Å². The molecule has 2 amide bonds. The van der Waals surface area contributed by atoms with Crippen molar-refractivity contribution in [3.8, 4) is 0 Å². The van der Waals surface area contributed by atoms with E-state index in [1.54, 1.807) is 0 Å². The number of hydrogen-bond acceptors (Lipinski definition) is 4. The van der Waals surface area contributed by atoms with Gasteiger partial charge in [-0.05, 0) is 38.3 Å². The molecule has 2 aromatic rings. The van der Waals surface area contributed by atoms with E-state index in [0.29, 0.717) is 32.5 Å². The molecule has 6 nitrogen and oxygen atoms in total. The molecule has 2 N–H and O–H groups in total. The summed E-state index contributed by atoms with van der Waals surface area (Å²) < 4.78 is 5.18. The Labute approximate surface area is 173 Å². The maximum absolute atomic E-state index is 12.4. The molecule has 0 spiro atoms. The van der Waals surface area contributed by atoms with Crippen LogP contribution in [0.15, 0.2) is 60.7 Å². The highest BCUT2D eigenvalue weighted by Gasteiger charge is 2.16. The van der Waals surface area contributed by atoms with Crippen molar-refractivity contribution in [3.63, 3.8) is 0 Å². The summed E-state index contributed by atoms with van der Waals surface area (Å²) in [5.41, 5.74) is 4.70. The first-order chi connectivity index (χ1) is 13.8. The second kappa shape index (κ2) is 11.2. The highest BCUT2D eigenvalue weighted by Crippen LogP contribution is 2.09. The van der Waals surface area contributed by atoms with Crippen molar-refractivity contribution < 1.29 is 14.3 Å². The predicted molar refractivity (Wildman–Crippen MR) is 114 cm³/mol. The lowest BCUT2D eigenvalue weighted by molar-refractivity contribution is -0.126. The fraction of sp³-hybridized carbons (Fsp3) is 0.391. The van der Waals surface area contributed by atoms with E-state index in [-0.39, 0.29) is 5.91 Å². The van der Waals surface area contributed by atoms with E-state index in [9.17, 15) is 9.59 Å². The zero-order valence-corrected chi connectivity index (χ0v) is 17.5. The first-order valence-corrected chi connectivity index (χ1v) is 9.91. The van der Waals surface area contributed by atoms with Crippen LogP contribution in [0, 0.1) is 0 Å². The Morgan fingerprint density at radius 3 is 1.90 bits per heavy atom. The van der Waals surface area contributed by atoms with Gasteiger partial charge in [0.1, 0.15) is 5.60 Å². The molecular formula is C23H31N3O3. The van der Waals surface area contributed by atoms with Crippen molar-refractivity contribution in [1.29, 1.82) is 0 Å². The fourth-order valence-corrected chi connectivity index (χ4v) is 2.73. The van der Waals surface area contributed by atoms with Crippen LogP contribution in [-0.4, -0.2) is 29.2 Å². The molecule has 0 fully saturated rings. The molecule has 0 aliphatic rings. The molecule has 0 saturated carbocycles. The Morgan fingerprint density at radius 2 is 1.41 bits per heavy atom. The highest BCUT2D eigenvalue weighted by molar-refractivity contribution is 5.75. The summed E-state index contributed by atoms with van der Waals surface area (Å²) in [6.45, 7) is 7.05. The number of nitrogens with one attached hydrogen (secondary N) is 2. The minimum absolute atomic E-state index is 0.0807. The number of carbonyl (C=O) groups excluding carboxylic acids is 2. The number of hydrogen-bond donors (Lipinski definition) is 2. The number of amides is 2. The lowest BCUT2D eigenvalue weighted by Gasteiger charge is -2.23. The minimum Gasteiger partial charge on any atom is -0.444 e. The second-order valence-electron chi connectivity index (χ2n) is 7.89. The lowest BCUT2D eigenvalue weighted by Crippen LogP contribution is -2.41. The van der Waals surface area contributed by atoms with Crippen LogP contribution in [0.25, 0.3) is 0 Å². The number of alkyl carbamates (subject to hydrolysis) is 1. The maximum Gasteiger partial charge on any atom is 0.407 e. The Morgan fingerprint density at radius 1 is 0.897 bits per heavy atom. The average Bonchev–Trinajstić information content (AvgIpc) is 2.65. The van der Waals surface area contributed by atoms with Gasteiger partial charge in [0.15, 0.2) is 0 Å². The Hall–Kier alpha value is -2.86. The van der Waals surface area contributed by atoms with E-state index in [1.165, 1.54) is 0 Å². The molecule has 0 aromatic heterocycles. The number of benzene rings is 2. The smallest absolute Gasteiger partial charge is 0.407 e. The molecule has 0 saturated heterocycles. The molecule has 0 unspecified atom stereocenters. The summed E-state index contributed by atoms with van der Waals surface area (Å²) in [7, 11) is 0. The molecule has 0 atom stereocenters. The van der Waals surface area contributed by atoms with Crippen LogP contribution in [-0.2, 0) is 22.6 Å². The summed E-state index contributed by atoms with van der Waals surface area (Å²) in [4.78, 5) is 24.1. The zero-order chi connectivity index (χ0) is 21.1. The van der Waals surface area contributed by atoms with Gasteiger partial charge in [0, 0.05) is 26.1 Å². The van der Waals surface area contributed by atoms with Crippen molar-refractivity contribution in [3.05, 3.63) is 71.8 Å². The van der Waals surface area contributed by atoms with Crippen molar-refractivity contribution in [1.82, 2.24) is 15.8 Å². The number of carbonyl (C=O) groups is 2. The van der Waals surface area contributed by atoms with Crippen molar-refractivity contribution in [2.24, 2.45) is 0 Å². The second-order valence-corrected chi connectivity index (χ2v) is 7.89. The fourth-order valence-electron chi connectivity index (χ4n) is 2.73. The third-order valence-corrected chi connectivity index (χ3v) is 3.96. The van der Waals surface area contributed by atoms with Crippen LogP contribution in [0.2, 0.25) is 0 Å². The molecule has 6 heteroatoms. The summed E-state index contributed by atoms with van der Waals surface area (Å²) in [5, 5.41) is 4.58. The molecule has 0 aliphatic heterocycles. The van der Waals surface area contributed by atoms with Gasteiger partial charge in [-0.2, -0.15) is 0 Å². The van der Waals surface area contributed by atoms with Crippen LogP contribution in [0.5, 0.6) is 0 Å². The molecule has 2 rings (SSSR count). The molecule has 2 aromatic carbocycles. The van der Waals surface area contributed by atoms with Gasteiger partial charge >= 0.3 is 6.09 Å². The van der Waals surface area contributed by atoms with Crippen molar-refractivity contribution >= 4 is 12.0 Å². The monoisotopic (exact) mass is 397 g/mol. The summed E-state index contributed by atoms with van der Waals surface area (Å²) >= 11 is 0. The van der Waals surface area contributed by atoms with Gasteiger partial charge in [-0.25, -0.2) is 9.80 Å². The van der Waals surface area contributed by atoms with Crippen LogP contribution in [0.4, 0.5) is 4.79 Å². The van der Waals surface area contributed by atoms with Crippen LogP contribution < -0.4 is 10.7 Å². The molecule has 0 bridgehead atoms. The van der Waals surface area contributed by atoms with E-state index in [1.807, 2.05) is 86.4 Å². The summed E-state index contributed by atoms with van der Waals surface area (Å²) in [6, 6.07) is 20.0. The first-order valence-electron chi connectivity index (χ1n) is 9.91. The number of rotatable bonds is 9. The lowest BCUT2D eigenvalue weighted by atomic mass is 10.2. The van der Waals surface area contributed by atoms with Crippen LogP contribution in [0.3, 0.4) is 0 Å². The van der Waals surface area contributed by atoms with Crippen molar-refractivity contribution in [2.75, 3.05) is 6.54 Å². The van der Waals surface area contributed by atoms with Gasteiger partial charge in [0.25, 0.3) is 0 Å². The normalized spacial score (nSPS) is 11.2. The Kier molecular flexibility index (Phi) is 8.68. The van der Waals surface area contributed by atoms with E-state index >= 15 is 0 Å². The molecule has 0 heterocycles. The number of nitrogens with zero attached hydrogens (tertiary/aromatic N) is 1. The van der Waals surface area contributed by atoms with Gasteiger partial charge < -0.3 is 10.1 Å². The summed E-state index contributed by atoms with van der Waals surface area (Å²) in [5.74, 6) is -0.0807. The molecule has 0 radical (unpaired) electrons. The average molecular weight is 398 g/mol. The number of ether oxygens (including phenoxy) is 1. The number of hydrazine groups is 1. The summed E-state index contributed by atoms with van der Waals surface area (Å²) in [6.07, 6.45) is 0.388. The SMILES string of the molecule is CC(C)(C)OC(=O)NCCCC(=O)NN(Cc1ccccc1)Cc1ccccc1. The molecule has 0 aliphatic carbocycles. The van der Waals surface area contributed by atoms with E-state index < -0.39 is 11.7 Å². The maximum atomic E-state index is 12.4. The molecular weight excluding hydrogens is 366 g/mol. The third-order valence-electron chi connectivity index (χ3n) is 3.96. The quantitative estimate of drug-likeness (QED) is 0.495. The van der Waals surface area contributed by atoms with Gasteiger partial charge in [-0.1, -0.05) is 60.7 Å². The third kappa shape index (κ3) is 9.76. The Bertz CT molecular complexity index is 716. The van der Waals surface area contributed by atoms with Crippen LogP contribution >= 0.6 is 0 Å². The van der Waals surface area contributed by atoms with E-state index in [4.69, 9.17) is 4.74 Å². The predicted octanol–water partition coefficient (Wildman–Crippen LogP) is 4.02. The van der Waals surface area contributed by atoms with E-state index in [0.717, 1.165) is 11.1 Å². The highest BCUT2D eigenvalue weighted by atomic mass is 16.6. The van der Waals surface area contributed by atoms with E-state index in [2.05, 4.69) is 10.7 Å². The van der Waals surface area contributed by atoms with Gasteiger partial charge in [0.2, 0.25) is 5.91 Å². The first kappa shape index (κ1) is 22.4. The van der Waals surface area contributed by atoms with Gasteiger partial charge in [-0.15, -0.1) is 0 Å². The zero-order valence-electron chi connectivity index (χ0n) is 17.5. The minimum atomic E-state index is -0.531. The van der Waals surface area contributed by atoms with Crippen molar-refractivity contribution in [2.45, 2.75) is 52.3 Å². The largest absolute Gasteiger partial charge is 0.444 e. The Balaban J connectivity index is 1.82. The topological polar surface area (TPSA) is 70.7 Å². The van der Waals surface area contributed by atoms with Gasteiger partial charge in [-0.3, -0.25) is 10.2 Å². The van der Waals surface area contributed by atoms with Crippen LogP contribution in [0.1, 0.15) is 44.7 Å². The standard InChI is InChI=1S/C23H31N3O3/c1-23(2,3)29-22(28)24-16-10-15-21(27)25-26(17-19-11-6-4-7-12-19)18-20-13-8-5-9-14-20/h4-9,11-14H,10,15-18H2,1-3H3,(H,24,28)(H,25,27). The molecule has 29 heavy (non-hydrogen) atoms. The molecule has 156 valence electrons.